The molecule has 2 aliphatic heterocycles. The zero-order chi connectivity index (χ0) is 32.7. The van der Waals surface area contributed by atoms with Gasteiger partial charge in [0.05, 0.1) is 54.9 Å². The van der Waals surface area contributed by atoms with Gasteiger partial charge in [0.1, 0.15) is 23.0 Å². The van der Waals surface area contributed by atoms with Crippen molar-refractivity contribution in [1.29, 1.82) is 0 Å². The summed E-state index contributed by atoms with van der Waals surface area (Å²) < 4.78 is 64.9. The number of hydrogen-bond donors (Lipinski definition) is 2. The molecule has 3 aliphatic rings. The lowest BCUT2D eigenvalue weighted by Gasteiger charge is -2.30. The van der Waals surface area contributed by atoms with Crippen LogP contribution in [0.1, 0.15) is 12.8 Å². The van der Waals surface area contributed by atoms with Gasteiger partial charge in [-0.25, -0.2) is 18.2 Å². The van der Waals surface area contributed by atoms with Gasteiger partial charge in [-0.2, -0.15) is 9.97 Å². The number of nitrogens with one attached hydrogen (secondary N) is 1. The second-order valence-corrected chi connectivity index (χ2v) is 13.2. The second kappa shape index (κ2) is 12.9. The van der Waals surface area contributed by atoms with Crippen molar-refractivity contribution in [3.63, 3.8) is 0 Å². The quantitative estimate of drug-likeness (QED) is 0.253. The van der Waals surface area contributed by atoms with Crippen LogP contribution >= 0.6 is 11.3 Å². The highest BCUT2D eigenvalue weighted by molar-refractivity contribution is 7.22. The Morgan fingerprint density at radius 2 is 1.89 bits per heavy atom. The van der Waals surface area contributed by atoms with E-state index in [9.17, 15) is 9.18 Å². The summed E-state index contributed by atoms with van der Waals surface area (Å²) >= 11 is 0.898. The molecule has 1 saturated carbocycles. The van der Waals surface area contributed by atoms with Crippen molar-refractivity contribution >= 4 is 49.3 Å². The van der Waals surface area contributed by atoms with Crippen LogP contribution in [0.4, 0.5) is 24.1 Å². The second-order valence-electron chi connectivity index (χ2n) is 12.2. The normalized spacial score (nSPS) is 19.9. The van der Waals surface area contributed by atoms with Crippen LogP contribution in [-0.2, 0) is 14.3 Å². The third-order valence-electron chi connectivity index (χ3n) is 8.85. The topological polar surface area (TPSA) is 128 Å². The van der Waals surface area contributed by atoms with Crippen LogP contribution in [0.2, 0.25) is 0 Å². The van der Waals surface area contributed by atoms with E-state index in [0.717, 1.165) is 49.9 Å². The Morgan fingerprint density at radius 1 is 1.11 bits per heavy atom. The minimum absolute atomic E-state index is 0.0479. The van der Waals surface area contributed by atoms with E-state index in [1.54, 1.807) is 4.90 Å². The van der Waals surface area contributed by atoms with Crippen molar-refractivity contribution in [2.24, 2.45) is 5.41 Å². The number of amides is 1. The monoisotopic (exact) mass is 669 g/mol. The smallest absolute Gasteiger partial charge is 0.319 e. The van der Waals surface area contributed by atoms with Crippen molar-refractivity contribution < 1.29 is 32.2 Å². The molecule has 4 aromatic rings. The van der Waals surface area contributed by atoms with Gasteiger partial charge < -0.3 is 30.2 Å². The molecular formula is C32H34F3N7O4S. The van der Waals surface area contributed by atoms with Crippen molar-refractivity contribution in [2.75, 3.05) is 76.4 Å². The van der Waals surface area contributed by atoms with E-state index in [0.29, 0.717) is 26.4 Å². The first kappa shape index (κ1) is 31.5. The van der Waals surface area contributed by atoms with Gasteiger partial charge in [-0.15, -0.1) is 0 Å². The molecule has 0 spiro atoms. The molecule has 2 aromatic heterocycles. The van der Waals surface area contributed by atoms with E-state index < -0.39 is 29.1 Å². The fourth-order valence-electron chi connectivity index (χ4n) is 6.23. The lowest BCUT2D eigenvalue weighted by Crippen LogP contribution is -2.44. The van der Waals surface area contributed by atoms with Crippen LogP contribution in [0.3, 0.4) is 0 Å². The highest BCUT2D eigenvalue weighted by Gasteiger charge is 2.45. The van der Waals surface area contributed by atoms with Crippen molar-refractivity contribution in [1.82, 2.24) is 25.2 Å². The van der Waals surface area contributed by atoms with E-state index in [4.69, 9.17) is 19.9 Å². The molecule has 3 N–H and O–H groups in total. The van der Waals surface area contributed by atoms with Gasteiger partial charge in [0.25, 0.3) is 0 Å². The number of aromatic nitrogens is 3. The predicted molar refractivity (Wildman–Crippen MR) is 172 cm³/mol. The Hall–Kier alpha value is -4.05. The number of rotatable bonds is 9. The molecule has 7 rings (SSSR count). The lowest BCUT2D eigenvalue weighted by atomic mass is 10.0. The summed E-state index contributed by atoms with van der Waals surface area (Å²) in [4.78, 5) is 29.6. The maximum Gasteiger partial charge on any atom is 0.319 e. The number of fused-ring (bicyclic) bond motifs is 2. The first-order valence-electron chi connectivity index (χ1n) is 15.5. The molecule has 4 heterocycles. The molecule has 0 unspecified atom stereocenters. The average Bonchev–Trinajstić information content (AvgIpc) is 3.77. The number of benzene rings is 2. The number of halogens is 3. The number of ether oxygens (including phenoxy) is 3. The SMILES string of the molecule is C=CC(=O)N[C@@H]1COCCN(c2nc(OCC3(CN4CCOCC4)CC3)nc3c(F)c(-c4ccc(F)c5sc(N)nc45)c(F)cc23)C1. The molecule has 3 fully saturated rings. The molecule has 2 aromatic carbocycles. The minimum atomic E-state index is -0.968. The molecule has 1 amide bonds. The molecule has 2 saturated heterocycles. The molecular weight excluding hydrogens is 635 g/mol. The van der Waals surface area contributed by atoms with E-state index in [1.807, 2.05) is 0 Å². The van der Waals surface area contributed by atoms with Crippen LogP contribution in [0.15, 0.2) is 30.9 Å². The maximum absolute atomic E-state index is 16.7. The Morgan fingerprint density at radius 3 is 2.66 bits per heavy atom. The van der Waals surface area contributed by atoms with Gasteiger partial charge in [-0.1, -0.05) is 17.9 Å². The summed E-state index contributed by atoms with van der Waals surface area (Å²) in [5.74, 6) is -2.60. The Bertz CT molecular complexity index is 1850. The fraction of sp³-hybridized carbons (Fsp3) is 0.438. The fourth-order valence-corrected chi connectivity index (χ4v) is 7.00. The molecule has 11 nitrogen and oxygen atoms in total. The average molecular weight is 670 g/mol. The van der Waals surface area contributed by atoms with Gasteiger partial charge in [0.15, 0.2) is 10.9 Å². The van der Waals surface area contributed by atoms with Crippen LogP contribution in [0.25, 0.3) is 32.2 Å². The molecule has 15 heteroatoms. The number of carbonyl (C=O) groups excluding carboxylic acids is 1. The summed E-state index contributed by atoms with van der Waals surface area (Å²) in [5, 5.41) is 3.01. The Kier molecular flexibility index (Phi) is 8.63. The maximum atomic E-state index is 16.7. The van der Waals surface area contributed by atoms with Crippen molar-refractivity contribution in [2.45, 2.75) is 18.9 Å². The van der Waals surface area contributed by atoms with Crippen LogP contribution in [0.5, 0.6) is 6.01 Å². The number of morpholine rings is 1. The Labute approximate surface area is 272 Å². The van der Waals surface area contributed by atoms with Crippen LogP contribution in [-0.4, -0.2) is 97.6 Å². The largest absolute Gasteiger partial charge is 0.463 e. The van der Waals surface area contributed by atoms with Crippen LogP contribution < -0.4 is 20.7 Å². The number of nitrogen functional groups attached to an aromatic ring is 1. The van der Waals surface area contributed by atoms with Crippen LogP contribution in [0, 0.1) is 22.9 Å². The molecule has 0 radical (unpaired) electrons. The number of thiazole rings is 1. The number of carbonyl (C=O) groups is 1. The first-order chi connectivity index (χ1) is 22.7. The number of anilines is 2. The summed E-state index contributed by atoms with van der Waals surface area (Å²) in [6.45, 7) is 8.83. The molecule has 0 bridgehead atoms. The van der Waals surface area contributed by atoms with Gasteiger partial charge in [0.2, 0.25) is 5.91 Å². The van der Waals surface area contributed by atoms with Crippen molar-refractivity contribution in [3.8, 4) is 17.1 Å². The minimum Gasteiger partial charge on any atom is -0.463 e. The summed E-state index contributed by atoms with van der Waals surface area (Å²) in [5.41, 5.74) is 5.29. The third-order valence-corrected chi connectivity index (χ3v) is 9.74. The highest BCUT2D eigenvalue weighted by Crippen LogP contribution is 2.47. The zero-order valence-electron chi connectivity index (χ0n) is 25.6. The molecule has 248 valence electrons. The molecule has 47 heavy (non-hydrogen) atoms. The molecule has 1 atom stereocenters. The summed E-state index contributed by atoms with van der Waals surface area (Å²) in [6.07, 6.45) is 3.11. The third kappa shape index (κ3) is 6.44. The van der Waals surface area contributed by atoms with E-state index in [1.165, 1.54) is 18.2 Å². The summed E-state index contributed by atoms with van der Waals surface area (Å²) in [7, 11) is 0. The van der Waals surface area contributed by atoms with E-state index >= 15 is 8.78 Å². The van der Waals surface area contributed by atoms with Gasteiger partial charge >= 0.3 is 6.01 Å². The lowest BCUT2D eigenvalue weighted by molar-refractivity contribution is -0.117. The highest BCUT2D eigenvalue weighted by atomic mass is 32.1. The predicted octanol–water partition coefficient (Wildman–Crippen LogP) is 3.90. The van der Waals surface area contributed by atoms with E-state index in [2.05, 4.69) is 31.7 Å². The van der Waals surface area contributed by atoms with Crippen molar-refractivity contribution in [3.05, 3.63) is 48.3 Å². The van der Waals surface area contributed by atoms with Gasteiger partial charge in [0, 0.05) is 49.1 Å². The van der Waals surface area contributed by atoms with Gasteiger partial charge in [-0.3, -0.25) is 9.69 Å². The number of hydrogen-bond acceptors (Lipinski definition) is 11. The zero-order valence-corrected chi connectivity index (χ0v) is 26.4. The van der Waals surface area contributed by atoms with Gasteiger partial charge in [-0.05, 0) is 37.1 Å². The standard InChI is InChI=1S/C32H34F3N7O4S/c1-2-23(43)37-18-14-42(9-12-45-15-18)29-20-13-22(34)24(19-3-4-21(33)28-27(19)38-30(36)47-28)25(35)26(20)39-31(40-29)46-17-32(5-6-32)16-41-7-10-44-11-8-41/h2-4,13,18H,1,5-12,14-17H2,(H2,36,38)(H,37,43)/t18-/m0/s1. The summed E-state index contributed by atoms with van der Waals surface area (Å²) in [6, 6.07) is 3.08. The number of nitrogens with zero attached hydrogens (tertiary/aromatic N) is 5. The van der Waals surface area contributed by atoms with E-state index in [-0.39, 0.29) is 74.7 Å². The number of nitrogens with two attached hydrogens (primary N) is 1. The molecule has 1 aliphatic carbocycles. The first-order valence-corrected chi connectivity index (χ1v) is 16.3. The Balaban J connectivity index is 1.30.